The maximum absolute atomic E-state index is 12.4. The van der Waals surface area contributed by atoms with Crippen LogP contribution in [0.3, 0.4) is 0 Å². The van der Waals surface area contributed by atoms with E-state index in [2.05, 4.69) is 31.9 Å². The van der Waals surface area contributed by atoms with Gasteiger partial charge < -0.3 is 9.64 Å². The molecule has 0 bridgehead atoms. The summed E-state index contributed by atoms with van der Waals surface area (Å²) in [7, 11) is 0. The molecular weight excluding hydrogens is 338 g/mol. The van der Waals surface area contributed by atoms with Gasteiger partial charge in [0.1, 0.15) is 0 Å². The lowest BCUT2D eigenvalue weighted by Crippen LogP contribution is -2.50. The van der Waals surface area contributed by atoms with Gasteiger partial charge in [-0.2, -0.15) is 0 Å². The summed E-state index contributed by atoms with van der Waals surface area (Å²) in [6.07, 6.45) is 1.11. The van der Waals surface area contributed by atoms with Crippen LogP contribution in [-0.2, 0) is 9.53 Å². The van der Waals surface area contributed by atoms with E-state index in [1.165, 1.54) is 0 Å². The highest BCUT2D eigenvalue weighted by molar-refractivity contribution is 9.25. The molecule has 0 radical (unpaired) electrons. The van der Waals surface area contributed by atoms with Crippen LogP contribution in [0.5, 0.6) is 0 Å². The zero-order chi connectivity index (χ0) is 12.1. The van der Waals surface area contributed by atoms with Crippen molar-refractivity contribution in [2.75, 3.05) is 13.1 Å². The molecule has 0 aromatic heterocycles. The molecule has 1 saturated carbocycles. The van der Waals surface area contributed by atoms with Crippen molar-refractivity contribution in [3.05, 3.63) is 0 Å². The molecule has 1 heterocycles. The van der Waals surface area contributed by atoms with Gasteiger partial charge in [-0.1, -0.05) is 31.9 Å². The third-order valence-corrected chi connectivity index (χ3v) is 5.75. The van der Waals surface area contributed by atoms with Crippen LogP contribution in [0.4, 0.5) is 0 Å². The normalized spacial score (nSPS) is 41.9. The Labute approximate surface area is 113 Å². The molecule has 16 heavy (non-hydrogen) atoms. The molecule has 3 nitrogen and oxygen atoms in total. The number of nitrogens with zero attached hydrogens (tertiary/aromatic N) is 1. The second kappa shape index (κ2) is 3.95. The summed E-state index contributed by atoms with van der Waals surface area (Å²) >= 11 is 7.09. The Balaban J connectivity index is 2.06. The van der Waals surface area contributed by atoms with E-state index >= 15 is 0 Å². The lowest BCUT2D eigenvalue weighted by molar-refractivity contribution is -0.148. The summed E-state index contributed by atoms with van der Waals surface area (Å²) in [4.78, 5) is 14.3. The number of halogens is 2. The SMILES string of the molecule is C[C@H]1CN(C(=O)[C@]2(C)CC2(Br)Br)C[C@H](C)O1. The Morgan fingerprint density at radius 3 is 2.12 bits per heavy atom. The van der Waals surface area contributed by atoms with E-state index in [4.69, 9.17) is 4.74 Å². The Hall–Kier alpha value is 0.390. The molecule has 0 aromatic rings. The summed E-state index contributed by atoms with van der Waals surface area (Å²) in [6, 6.07) is 0. The van der Waals surface area contributed by atoms with Gasteiger partial charge in [0.05, 0.1) is 20.9 Å². The van der Waals surface area contributed by atoms with Crippen molar-refractivity contribution < 1.29 is 9.53 Å². The highest BCUT2D eigenvalue weighted by Gasteiger charge is 2.67. The zero-order valence-electron chi connectivity index (χ0n) is 9.80. The fourth-order valence-corrected chi connectivity index (χ4v) is 3.79. The number of ether oxygens (including phenoxy) is 1. The molecule has 3 atom stereocenters. The third-order valence-electron chi connectivity index (χ3n) is 3.44. The van der Waals surface area contributed by atoms with Gasteiger partial charge >= 0.3 is 0 Å². The summed E-state index contributed by atoms with van der Waals surface area (Å²) in [5.74, 6) is 0.225. The molecule has 0 N–H and O–H groups in total. The molecule has 1 aliphatic carbocycles. The first-order chi connectivity index (χ1) is 7.26. The number of alkyl halides is 2. The lowest BCUT2D eigenvalue weighted by atomic mass is 10.1. The fourth-order valence-electron chi connectivity index (χ4n) is 2.32. The van der Waals surface area contributed by atoms with E-state index in [1.54, 1.807) is 0 Å². The average Bonchev–Trinajstić information content (AvgIpc) is 2.64. The van der Waals surface area contributed by atoms with Gasteiger partial charge in [0.15, 0.2) is 0 Å². The quantitative estimate of drug-likeness (QED) is 0.677. The smallest absolute Gasteiger partial charge is 0.231 e. The van der Waals surface area contributed by atoms with Crippen molar-refractivity contribution in [1.29, 1.82) is 0 Å². The van der Waals surface area contributed by atoms with E-state index in [9.17, 15) is 4.79 Å². The van der Waals surface area contributed by atoms with Crippen molar-refractivity contribution in [1.82, 2.24) is 4.90 Å². The van der Waals surface area contributed by atoms with Crippen LogP contribution in [0, 0.1) is 5.41 Å². The van der Waals surface area contributed by atoms with E-state index in [0.717, 1.165) is 6.42 Å². The molecule has 1 aliphatic heterocycles. The van der Waals surface area contributed by atoms with Gasteiger partial charge in [-0.15, -0.1) is 0 Å². The Bertz CT molecular complexity index is 311. The average molecular weight is 355 g/mol. The van der Waals surface area contributed by atoms with Crippen LogP contribution >= 0.6 is 31.9 Å². The van der Waals surface area contributed by atoms with Gasteiger partial charge in [0.2, 0.25) is 5.91 Å². The fraction of sp³-hybridized carbons (Fsp3) is 0.909. The van der Waals surface area contributed by atoms with Crippen LogP contribution in [-0.4, -0.2) is 39.3 Å². The first kappa shape index (κ1) is 12.8. The topological polar surface area (TPSA) is 29.5 Å². The first-order valence-electron chi connectivity index (χ1n) is 5.59. The summed E-state index contributed by atoms with van der Waals surface area (Å²) in [5, 5.41) is 0. The molecule has 2 rings (SSSR count). The van der Waals surface area contributed by atoms with E-state index < -0.39 is 0 Å². The summed E-state index contributed by atoms with van der Waals surface area (Å²) in [5.41, 5.74) is -0.302. The van der Waals surface area contributed by atoms with E-state index in [1.807, 2.05) is 25.7 Å². The number of morpholine rings is 1. The molecule has 1 amide bonds. The maximum Gasteiger partial charge on any atom is 0.231 e. The monoisotopic (exact) mass is 353 g/mol. The van der Waals surface area contributed by atoms with Gasteiger partial charge in [0, 0.05) is 13.1 Å². The standard InChI is InChI=1S/C11H17Br2NO2/c1-7-4-14(5-8(2)16-7)9(15)10(3)6-11(10,12)13/h7-8H,4-6H2,1-3H3/t7-,8-,10-/m0/s1. The number of hydrogen-bond donors (Lipinski definition) is 0. The minimum absolute atomic E-state index is 0.134. The molecule has 2 fully saturated rings. The first-order valence-corrected chi connectivity index (χ1v) is 7.17. The molecule has 1 saturated heterocycles. The van der Waals surface area contributed by atoms with Crippen molar-refractivity contribution in [2.24, 2.45) is 5.41 Å². The number of carbonyl (C=O) groups excluding carboxylic acids is 1. The van der Waals surface area contributed by atoms with Crippen LogP contribution in [0.1, 0.15) is 27.2 Å². The highest BCUT2D eigenvalue weighted by Crippen LogP contribution is 2.67. The zero-order valence-corrected chi connectivity index (χ0v) is 13.0. The second-order valence-corrected chi connectivity index (χ2v) is 8.95. The van der Waals surface area contributed by atoms with Crippen LogP contribution in [0.15, 0.2) is 0 Å². The number of rotatable bonds is 1. The largest absolute Gasteiger partial charge is 0.372 e. The van der Waals surface area contributed by atoms with Crippen molar-refractivity contribution in [3.63, 3.8) is 0 Å². The van der Waals surface area contributed by atoms with Gasteiger partial charge in [0.25, 0.3) is 0 Å². The predicted molar refractivity (Wildman–Crippen MR) is 69.9 cm³/mol. The van der Waals surface area contributed by atoms with Crippen LogP contribution in [0.25, 0.3) is 0 Å². The number of carbonyl (C=O) groups is 1. The Morgan fingerprint density at radius 1 is 1.31 bits per heavy atom. The van der Waals surface area contributed by atoms with Gasteiger partial charge in [-0.05, 0) is 27.2 Å². The van der Waals surface area contributed by atoms with Crippen molar-refractivity contribution in [3.8, 4) is 0 Å². The number of amides is 1. The van der Waals surface area contributed by atoms with Crippen molar-refractivity contribution >= 4 is 37.8 Å². The predicted octanol–water partition coefficient (Wildman–Crippen LogP) is 2.52. The lowest BCUT2D eigenvalue weighted by Gasteiger charge is -2.37. The van der Waals surface area contributed by atoms with Gasteiger partial charge in [-0.25, -0.2) is 0 Å². The summed E-state index contributed by atoms with van der Waals surface area (Å²) in [6.45, 7) is 7.44. The molecule has 0 unspecified atom stereocenters. The molecule has 0 aromatic carbocycles. The molecule has 0 spiro atoms. The Morgan fingerprint density at radius 2 is 1.75 bits per heavy atom. The number of hydrogen-bond acceptors (Lipinski definition) is 2. The van der Waals surface area contributed by atoms with Crippen LogP contribution in [0.2, 0.25) is 0 Å². The highest BCUT2D eigenvalue weighted by atomic mass is 79.9. The Kier molecular flexibility index (Phi) is 3.17. The minimum Gasteiger partial charge on any atom is -0.372 e. The second-order valence-electron chi connectivity index (χ2n) is 5.18. The van der Waals surface area contributed by atoms with E-state index in [-0.39, 0.29) is 26.8 Å². The molecule has 5 heteroatoms. The van der Waals surface area contributed by atoms with Crippen molar-refractivity contribution in [2.45, 2.75) is 42.6 Å². The minimum atomic E-state index is -0.302. The third kappa shape index (κ3) is 2.06. The maximum atomic E-state index is 12.4. The molecular formula is C11H17Br2NO2. The summed E-state index contributed by atoms with van der Waals surface area (Å²) < 4.78 is 5.43. The van der Waals surface area contributed by atoms with E-state index in [0.29, 0.717) is 13.1 Å². The van der Waals surface area contributed by atoms with Crippen LogP contribution < -0.4 is 0 Å². The molecule has 2 aliphatic rings. The van der Waals surface area contributed by atoms with Gasteiger partial charge in [-0.3, -0.25) is 4.79 Å². The molecule has 92 valence electrons.